The van der Waals surface area contributed by atoms with E-state index in [4.69, 9.17) is 5.73 Å². The second-order valence-corrected chi connectivity index (χ2v) is 5.66. The summed E-state index contributed by atoms with van der Waals surface area (Å²) >= 11 is 1.68. The maximum atomic E-state index is 6.04. The summed E-state index contributed by atoms with van der Waals surface area (Å²) in [5.74, 6) is 0.609. The number of nitrogens with one attached hydrogen (secondary N) is 1. The smallest absolute Gasteiger partial charge is 0.128 e. The molecular weight excluding hydrogens is 256 g/mol. The highest BCUT2D eigenvalue weighted by Gasteiger charge is 2.18. The third kappa shape index (κ3) is 3.30. The van der Waals surface area contributed by atoms with Crippen molar-refractivity contribution in [2.45, 2.75) is 33.2 Å². The number of rotatable bonds is 5. The highest BCUT2D eigenvalue weighted by Crippen LogP contribution is 2.26. The molecule has 5 heteroatoms. The summed E-state index contributed by atoms with van der Waals surface area (Å²) in [6.45, 7) is 7.09. The Hall–Kier alpha value is -1.46. The van der Waals surface area contributed by atoms with Gasteiger partial charge < -0.3 is 11.1 Å². The minimum atomic E-state index is 0.167. The first kappa shape index (κ1) is 14.0. The van der Waals surface area contributed by atoms with Gasteiger partial charge in [0.05, 0.1) is 10.7 Å². The zero-order chi connectivity index (χ0) is 13.8. The number of likely N-dealkylation sites (N-methyl/N-ethyl adjacent to an activating group) is 1. The lowest BCUT2D eigenvalue weighted by molar-refractivity contribution is 0.542. The zero-order valence-electron chi connectivity index (χ0n) is 11.6. The number of nitrogen functional groups attached to an aromatic ring is 1. The van der Waals surface area contributed by atoms with E-state index in [9.17, 15) is 0 Å². The van der Waals surface area contributed by atoms with Gasteiger partial charge in [0.2, 0.25) is 0 Å². The van der Waals surface area contributed by atoms with Gasteiger partial charge in [-0.15, -0.1) is 11.3 Å². The molecule has 1 atom stereocenters. The summed E-state index contributed by atoms with van der Waals surface area (Å²) in [5, 5.41) is 6.69. The molecule has 0 saturated carbocycles. The fourth-order valence-electron chi connectivity index (χ4n) is 2.28. The number of hydrogen-bond donors (Lipinski definition) is 2. The summed E-state index contributed by atoms with van der Waals surface area (Å²) in [7, 11) is 0. The largest absolute Gasteiger partial charge is 0.383 e. The second kappa shape index (κ2) is 6.12. The molecule has 0 bridgehead atoms. The Morgan fingerprint density at radius 1 is 1.42 bits per heavy atom. The average molecular weight is 276 g/mol. The van der Waals surface area contributed by atoms with Crippen molar-refractivity contribution in [1.29, 1.82) is 0 Å². The van der Waals surface area contributed by atoms with Crippen molar-refractivity contribution in [2.75, 3.05) is 12.3 Å². The molecule has 4 nitrogen and oxygen atoms in total. The summed E-state index contributed by atoms with van der Waals surface area (Å²) in [4.78, 5) is 8.74. The number of nitrogens with zero attached hydrogens (tertiary/aromatic N) is 2. The quantitative estimate of drug-likeness (QED) is 0.881. The number of thiazole rings is 1. The number of aromatic nitrogens is 2. The molecule has 0 radical (unpaired) electrons. The van der Waals surface area contributed by atoms with Crippen molar-refractivity contribution in [2.24, 2.45) is 0 Å². The van der Waals surface area contributed by atoms with E-state index in [2.05, 4.69) is 34.5 Å². The Labute approximate surface area is 118 Å². The van der Waals surface area contributed by atoms with Crippen molar-refractivity contribution in [3.63, 3.8) is 0 Å². The lowest BCUT2D eigenvalue weighted by Gasteiger charge is -2.20. The molecule has 0 aliphatic carbocycles. The van der Waals surface area contributed by atoms with Crippen molar-refractivity contribution in [3.05, 3.63) is 39.5 Å². The molecule has 0 fully saturated rings. The third-order valence-corrected chi connectivity index (χ3v) is 3.94. The molecule has 19 heavy (non-hydrogen) atoms. The van der Waals surface area contributed by atoms with Crippen LogP contribution in [-0.2, 0) is 6.42 Å². The molecule has 102 valence electrons. The van der Waals surface area contributed by atoms with Crippen LogP contribution in [0.25, 0.3) is 0 Å². The Morgan fingerprint density at radius 2 is 2.21 bits per heavy atom. The van der Waals surface area contributed by atoms with Gasteiger partial charge >= 0.3 is 0 Å². The van der Waals surface area contributed by atoms with Gasteiger partial charge in [-0.3, -0.25) is 0 Å². The number of nitrogens with two attached hydrogens (primary N) is 1. The lowest BCUT2D eigenvalue weighted by Crippen LogP contribution is -2.25. The predicted molar refractivity (Wildman–Crippen MR) is 80.4 cm³/mol. The maximum absolute atomic E-state index is 6.04. The Balaban J connectivity index is 2.29. The molecule has 0 aliphatic rings. The van der Waals surface area contributed by atoms with E-state index in [0.717, 1.165) is 29.2 Å². The topological polar surface area (TPSA) is 63.8 Å². The van der Waals surface area contributed by atoms with Gasteiger partial charge in [0.1, 0.15) is 5.82 Å². The van der Waals surface area contributed by atoms with E-state index >= 15 is 0 Å². The molecule has 3 N–H and O–H groups in total. The van der Waals surface area contributed by atoms with Crippen LogP contribution >= 0.6 is 11.3 Å². The Kier molecular flexibility index (Phi) is 4.50. The van der Waals surface area contributed by atoms with Gasteiger partial charge in [0.15, 0.2) is 0 Å². The average Bonchev–Trinajstić information content (AvgIpc) is 2.75. The van der Waals surface area contributed by atoms with Gasteiger partial charge in [-0.25, -0.2) is 9.97 Å². The standard InChI is InChI=1S/C14H20N4S/c1-4-16-12(7-11-8-19-10(3)18-11)13-9(2)5-6-17-14(13)15/h5-6,8,12,16H,4,7H2,1-3H3,(H2,15,17). The number of aryl methyl sites for hydroxylation is 2. The molecule has 2 aromatic heterocycles. The lowest BCUT2D eigenvalue weighted by atomic mass is 9.98. The summed E-state index contributed by atoms with van der Waals surface area (Å²) in [6.07, 6.45) is 2.60. The fourth-order valence-corrected chi connectivity index (χ4v) is 2.90. The zero-order valence-corrected chi connectivity index (χ0v) is 12.4. The minimum absolute atomic E-state index is 0.167. The normalized spacial score (nSPS) is 12.6. The molecule has 2 aromatic rings. The van der Waals surface area contributed by atoms with Crippen LogP contribution in [0.4, 0.5) is 5.82 Å². The first-order valence-corrected chi connectivity index (χ1v) is 7.35. The van der Waals surface area contributed by atoms with Crippen molar-refractivity contribution in [1.82, 2.24) is 15.3 Å². The number of anilines is 1. The molecular formula is C14H20N4S. The monoisotopic (exact) mass is 276 g/mol. The van der Waals surface area contributed by atoms with Crippen molar-refractivity contribution >= 4 is 17.2 Å². The molecule has 0 aromatic carbocycles. The van der Waals surface area contributed by atoms with E-state index in [1.54, 1.807) is 17.5 Å². The highest BCUT2D eigenvalue weighted by molar-refractivity contribution is 7.09. The van der Waals surface area contributed by atoms with Gasteiger partial charge in [0.25, 0.3) is 0 Å². The SMILES string of the molecule is CCNC(Cc1csc(C)n1)c1c(C)ccnc1N. The van der Waals surface area contributed by atoms with Crippen LogP contribution in [-0.4, -0.2) is 16.5 Å². The number of pyridine rings is 1. The predicted octanol–water partition coefficient (Wildman–Crippen LogP) is 2.63. The summed E-state index contributed by atoms with van der Waals surface area (Å²) < 4.78 is 0. The summed E-state index contributed by atoms with van der Waals surface area (Å²) in [6, 6.07) is 2.17. The third-order valence-electron chi connectivity index (χ3n) is 3.12. The van der Waals surface area contributed by atoms with E-state index in [1.165, 1.54) is 5.56 Å². The van der Waals surface area contributed by atoms with E-state index < -0.39 is 0 Å². The Bertz CT molecular complexity index is 530. The van der Waals surface area contributed by atoms with Gasteiger partial charge in [0, 0.05) is 29.6 Å². The first-order valence-electron chi connectivity index (χ1n) is 6.47. The molecule has 0 spiro atoms. The van der Waals surface area contributed by atoms with Gasteiger partial charge in [-0.1, -0.05) is 6.92 Å². The highest BCUT2D eigenvalue weighted by atomic mass is 32.1. The van der Waals surface area contributed by atoms with Crippen LogP contribution in [0.1, 0.15) is 34.8 Å². The van der Waals surface area contributed by atoms with Crippen molar-refractivity contribution in [3.8, 4) is 0 Å². The molecule has 0 saturated heterocycles. The van der Waals surface area contributed by atoms with Crippen molar-refractivity contribution < 1.29 is 0 Å². The first-order chi connectivity index (χ1) is 9.11. The molecule has 1 unspecified atom stereocenters. The van der Waals surface area contributed by atoms with Gasteiger partial charge in [-0.2, -0.15) is 0 Å². The second-order valence-electron chi connectivity index (χ2n) is 4.60. The minimum Gasteiger partial charge on any atom is -0.383 e. The Morgan fingerprint density at radius 3 is 2.79 bits per heavy atom. The van der Waals surface area contributed by atoms with E-state index in [-0.39, 0.29) is 6.04 Å². The van der Waals surface area contributed by atoms with E-state index in [0.29, 0.717) is 5.82 Å². The molecule has 2 rings (SSSR count). The molecule has 0 amide bonds. The maximum Gasteiger partial charge on any atom is 0.128 e. The molecule has 0 aliphatic heterocycles. The van der Waals surface area contributed by atoms with Crippen LogP contribution in [0.5, 0.6) is 0 Å². The molecule has 2 heterocycles. The van der Waals surface area contributed by atoms with Crippen LogP contribution in [0, 0.1) is 13.8 Å². The van der Waals surface area contributed by atoms with Gasteiger partial charge in [-0.05, 0) is 32.0 Å². The fraction of sp³-hybridized carbons (Fsp3) is 0.429. The van der Waals surface area contributed by atoms with Crippen LogP contribution in [0.15, 0.2) is 17.6 Å². The van der Waals surface area contributed by atoms with Crippen LogP contribution < -0.4 is 11.1 Å². The van der Waals surface area contributed by atoms with Crippen LogP contribution in [0.2, 0.25) is 0 Å². The van der Waals surface area contributed by atoms with E-state index in [1.807, 2.05) is 13.0 Å². The summed E-state index contributed by atoms with van der Waals surface area (Å²) in [5.41, 5.74) is 9.41. The van der Waals surface area contributed by atoms with Crippen LogP contribution in [0.3, 0.4) is 0 Å². The number of hydrogen-bond acceptors (Lipinski definition) is 5.